The van der Waals surface area contributed by atoms with Crippen molar-refractivity contribution in [3.63, 3.8) is 0 Å². The molecule has 0 aromatic rings. The van der Waals surface area contributed by atoms with Gasteiger partial charge in [-0.25, -0.2) is 4.62 Å². The topological polar surface area (TPSA) is 61.7 Å². The van der Waals surface area contributed by atoms with Gasteiger partial charge in [0.1, 0.15) is 0 Å². The molecule has 0 aliphatic heterocycles. The van der Waals surface area contributed by atoms with Gasteiger partial charge in [0.15, 0.2) is 0 Å². The second kappa shape index (κ2) is 2.71. The third-order valence-corrected chi connectivity index (χ3v) is 0.854. The minimum absolute atomic E-state index is 1.40. The van der Waals surface area contributed by atoms with Crippen LogP contribution in [0.5, 0.6) is 0 Å². The van der Waals surface area contributed by atoms with E-state index in [0.29, 0.717) is 0 Å². The quantitative estimate of drug-likeness (QED) is 0.354. The van der Waals surface area contributed by atoms with Gasteiger partial charge in [-0.05, 0) is 11.8 Å². The second-order valence-electron chi connectivity index (χ2n) is 0.786. The van der Waals surface area contributed by atoms with E-state index in [0.717, 1.165) is 0 Å². The van der Waals surface area contributed by atoms with Gasteiger partial charge in [0.05, 0.1) is 0 Å². The number of nitrogens with one attached hydrogen (secondary N) is 1. The molecular weight excluding hydrogens is 137 g/mol. The summed E-state index contributed by atoms with van der Waals surface area (Å²) in [6.07, 6.45) is 0. The molecule has 3 N–H and O–H groups in total. The van der Waals surface area contributed by atoms with Gasteiger partial charge in [-0.2, -0.15) is 5.48 Å². The Morgan fingerprint density at radius 1 is 1.71 bits per heavy atom. The lowest BCUT2D eigenvalue weighted by Crippen LogP contribution is -2.03. The van der Waals surface area contributed by atoms with Crippen LogP contribution < -0.4 is 5.48 Å². The van der Waals surface area contributed by atoms with Gasteiger partial charge in [-0.1, -0.05) is 0 Å². The third-order valence-electron chi connectivity index (χ3n) is 0.210. The zero-order valence-electron chi connectivity index (χ0n) is 3.66. The van der Waals surface area contributed by atoms with Crippen molar-refractivity contribution < 1.29 is 14.4 Å². The minimum atomic E-state index is -3.44. The zero-order valence-corrected chi connectivity index (χ0v) is 5.37. The van der Waals surface area contributed by atoms with E-state index in [9.17, 15) is 0 Å². The highest BCUT2D eigenvalue weighted by atomic mass is 32.5. The molecule has 0 radical (unpaired) electrons. The molecule has 0 aromatic carbocycles. The van der Waals surface area contributed by atoms with E-state index in [1.165, 1.54) is 7.05 Å². The lowest BCUT2D eigenvalue weighted by Gasteiger charge is -2.03. The highest BCUT2D eigenvalue weighted by Crippen LogP contribution is 2.33. The van der Waals surface area contributed by atoms with Crippen LogP contribution in [0.3, 0.4) is 0 Å². The average Bonchev–Trinajstić information content (AvgIpc) is 1.30. The summed E-state index contributed by atoms with van der Waals surface area (Å²) in [6.45, 7) is -3.44. The summed E-state index contributed by atoms with van der Waals surface area (Å²) in [5, 5.41) is 0. The summed E-state index contributed by atoms with van der Waals surface area (Å²) in [7, 11) is 1.40. The van der Waals surface area contributed by atoms with Gasteiger partial charge < -0.3 is 9.79 Å². The molecule has 0 rings (SSSR count). The van der Waals surface area contributed by atoms with E-state index in [1.54, 1.807) is 0 Å². The predicted molar refractivity (Wildman–Crippen MR) is 28.9 cm³/mol. The van der Waals surface area contributed by atoms with Crippen LogP contribution in [0.2, 0.25) is 0 Å². The molecule has 6 heteroatoms. The first kappa shape index (κ1) is 7.49. The molecular formula is CH6NO3PS. The summed E-state index contributed by atoms with van der Waals surface area (Å²) < 4.78 is 4.02. The fraction of sp³-hybridized carbons (Fsp3) is 1.00. The van der Waals surface area contributed by atoms with Crippen molar-refractivity contribution in [2.24, 2.45) is 0 Å². The number of hydroxylamine groups is 1. The normalized spacial score (nSPS) is 11.9. The SMILES string of the molecule is CNOP(O)(O)=S. The first-order valence-corrected chi connectivity index (χ1v) is 4.10. The maximum atomic E-state index is 8.21. The summed E-state index contributed by atoms with van der Waals surface area (Å²) in [4.78, 5) is 16.4. The number of hydrogen-bond acceptors (Lipinski definition) is 3. The van der Waals surface area contributed by atoms with Gasteiger partial charge >= 0.3 is 6.72 Å². The van der Waals surface area contributed by atoms with E-state index in [1.807, 2.05) is 0 Å². The highest BCUT2D eigenvalue weighted by Gasteiger charge is 2.03. The van der Waals surface area contributed by atoms with Crippen LogP contribution in [0.15, 0.2) is 0 Å². The van der Waals surface area contributed by atoms with E-state index in [4.69, 9.17) is 9.79 Å². The van der Waals surface area contributed by atoms with Gasteiger partial charge in [-0.3, -0.25) is 0 Å². The van der Waals surface area contributed by atoms with Crippen molar-refractivity contribution in [2.45, 2.75) is 0 Å². The Hall–Kier alpha value is 0.490. The van der Waals surface area contributed by atoms with Crippen molar-refractivity contribution in [1.29, 1.82) is 0 Å². The lowest BCUT2D eigenvalue weighted by molar-refractivity contribution is 0.182. The summed E-state index contributed by atoms with van der Waals surface area (Å²) in [5.74, 6) is 0. The molecule has 0 aromatic heterocycles. The Bertz CT molecular complexity index is 88.9. The first-order chi connectivity index (χ1) is 3.06. The highest BCUT2D eigenvalue weighted by molar-refractivity contribution is 8.06. The van der Waals surface area contributed by atoms with Crippen LogP contribution >= 0.6 is 6.72 Å². The lowest BCUT2D eigenvalue weighted by atomic mass is 11.6. The minimum Gasteiger partial charge on any atom is -0.324 e. The molecule has 0 atom stereocenters. The summed E-state index contributed by atoms with van der Waals surface area (Å²) >= 11 is 4.02. The van der Waals surface area contributed by atoms with Gasteiger partial charge in [-0.15, -0.1) is 0 Å². The zero-order chi connectivity index (χ0) is 5.91. The molecule has 0 aliphatic carbocycles. The van der Waals surface area contributed by atoms with Crippen LogP contribution in [0.1, 0.15) is 0 Å². The molecule has 0 unspecified atom stereocenters. The molecule has 0 fully saturated rings. The van der Waals surface area contributed by atoms with E-state index in [2.05, 4.69) is 21.9 Å². The second-order valence-corrected chi connectivity index (χ2v) is 3.38. The standard InChI is InChI=1S/CH6NO3PS/c1-2-5-6(3,4)7/h2H,1H3,(H2,3,4,7). The van der Waals surface area contributed by atoms with Gasteiger partial charge in [0.25, 0.3) is 0 Å². The van der Waals surface area contributed by atoms with Crippen LogP contribution in [-0.4, -0.2) is 16.8 Å². The first-order valence-electron chi connectivity index (χ1n) is 1.47. The van der Waals surface area contributed by atoms with Gasteiger partial charge in [0.2, 0.25) is 0 Å². The van der Waals surface area contributed by atoms with Crippen LogP contribution in [-0.2, 0) is 16.4 Å². The predicted octanol–water partition coefficient (Wildman–Crippen LogP) is -0.653. The smallest absolute Gasteiger partial charge is 0.324 e. The molecule has 0 heterocycles. The van der Waals surface area contributed by atoms with Crippen molar-refractivity contribution in [1.82, 2.24) is 5.48 Å². The third kappa shape index (κ3) is 6.49. The van der Waals surface area contributed by atoms with Crippen LogP contribution in [0.4, 0.5) is 0 Å². The largest absolute Gasteiger partial charge is 0.338 e. The Balaban J connectivity index is 3.36. The Morgan fingerprint density at radius 3 is 2.14 bits per heavy atom. The van der Waals surface area contributed by atoms with Crippen LogP contribution in [0.25, 0.3) is 0 Å². The summed E-state index contributed by atoms with van der Waals surface area (Å²) in [5.41, 5.74) is 2.05. The Kier molecular flexibility index (Phi) is 2.90. The Morgan fingerprint density at radius 2 is 2.14 bits per heavy atom. The molecule has 7 heavy (non-hydrogen) atoms. The molecule has 0 aliphatic rings. The van der Waals surface area contributed by atoms with Crippen molar-refractivity contribution in [3.05, 3.63) is 0 Å². The molecule has 0 saturated heterocycles. The van der Waals surface area contributed by atoms with E-state index < -0.39 is 6.72 Å². The molecule has 4 nitrogen and oxygen atoms in total. The summed E-state index contributed by atoms with van der Waals surface area (Å²) in [6, 6.07) is 0. The van der Waals surface area contributed by atoms with Crippen molar-refractivity contribution >= 4 is 18.5 Å². The number of hydrogen-bond donors (Lipinski definition) is 3. The maximum Gasteiger partial charge on any atom is 0.338 e. The monoisotopic (exact) mass is 143 g/mol. The molecule has 0 spiro atoms. The average molecular weight is 143 g/mol. The Labute approximate surface area is 46.3 Å². The number of rotatable bonds is 2. The van der Waals surface area contributed by atoms with Crippen molar-refractivity contribution in [3.8, 4) is 0 Å². The molecule has 0 bridgehead atoms. The van der Waals surface area contributed by atoms with E-state index in [-0.39, 0.29) is 0 Å². The van der Waals surface area contributed by atoms with Gasteiger partial charge in [0, 0.05) is 7.05 Å². The molecule has 0 amide bonds. The fourth-order valence-electron chi connectivity index (χ4n) is 0.119. The maximum absolute atomic E-state index is 8.21. The van der Waals surface area contributed by atoms with Crippen molar-refractivity contribution in [2.75, 3.05) is 7.05 Å². The van der Waals surface area contributed by atoms with Crippen LogP contribution in [0, 0.1) is 0 Å². The van der Waals surface area contributed by atoms with E-state index >= 15 is 0 Å². The molecule has 44 valence electrons. The fourth-order valence-corrected chi connectivity index (χ4v) is 0.580. The molecule has 0 saturated carbocycles.